The van der Waals surface area contributed by atoms with Crippen molar-refractivity contribution in [2.75, 3.05) is 17.1 Å². The van der Waals surface area contributed by atoms with Gasteiger partial charge in [0.05, 0.1) is 12.1 Å². The van der Waals surface area contributed by atoms with Gasteiger partial charge in [0.2, 0.25) is 11.8 Å². The van der Waals surface area contributed by atoms with Gasteiger partial charge >= 0.3 is 0 Å². The Bertz CT molecular complexity index is 1350. The molecule has 9 nitrogen and oxygen atoms in total. The van der Waals surface area contributed by atoms with Crippen molar-refractivity contribution in [2.45, 2.75) is 42.7 Å². The smallest absolute Gasteiger partial charge is 0.264 e. The molecule has 2 heterocycles. The highest BCUT2D eigenvalue weighted by atomic mass is 35.5. The minimum Gasteiger partial charge on any atom is -0.481 e. The van der Waals surface area contributed by atoms with Gasteiger partial charge in [0.15, 0.2) is 11.6 Å². The highest BCUT2D eigenvalue weighted by molar-refractivity contribution is 7.92. The van der Waals surface area contributed by atoms with Crippen molar-refractivity contribution < 1.29 is 17.5 Å². The molecule has 0 aliphatic heterocycles. The molecule has 4 rings (SSSR count). The normalized spacial score (nSPS) is 18.2. The quantitative estimate of drug-likeness (QED) is 0.390. The molecule has 36 heavy (non-hydrogen) atoms. The summed E-state index contributed by atoms with van der Waals surface area (Å²) >= 11 is 5.98. The SMILES string of the molecule is COc1nc(NS(=O)(=O)c2ccccc2Cl)c(F)cc1/C=C/c1cnc(NC2CCC(N)CC2)nc1. The van der Waals surface area contributed by atoms with Crippen molar-refractivity contribution in [1.29, 1.82) is 0 Å². The van der Waals surface area contributed by atoms with Crippen molar-refractivity contribution in [1.82, 2.24) is 15.0 Å². The largest absolute Gasteiger partial charge is 0.481 e. The van der Waals surface area contributed by atoms with E-state index >= 15 is 0 Å². The Morgan fingerprint density at radius 1 is 1.14 bits per heavy atom. The van der Waals surface area contributed by atoms with Gasteiger partial charge in [-0.15, -0.1) is 0 Å². The van der Waals surface area contributed by atoms with Crippen LogP contribution in [0.3, 0.4) is 0 Å². The lowest BCUT2D eigenvalue weighted by molar-refractivity contribution is 0.396. The molecule has 4 N–H and O–H groups in total. The first-order valence-electron chi connectivity index (χ1n) is 11.3. The standard InChI is InChI=1S/C24H26ClFN6O3S/c1-35-23-16(7-6-15-13-28-24(29-14-15)30-18-10-8-17(27)9-11-18)12-20(26)22(31-23)32-36(33,34)21-5-3-2-4-19(21)25/h2-7,12-14,17-18H,8-11,27H2,1H3,(H,31,32)(H,28,29,30)/b7-6+. The molecule has 2 aromatic heterocycles. The van der Waals surface area contributed by atoms with Gasteiger partial charge in [0.25, 0.3) is 10.0 Å². The Labute approximate surface area is 214 Å². The fourth-order valence-electron chi connectivity index (χ4n) is 3.82. The number of anilines is 2. The third-order valence-electron chi connectivity index (χ3n) is 5.75. The van der Waals surface area contributed by atoms with Crippen LogP contribution in [-0.2, 0) is 10.0 Å². The van der Waals surface area contributed by atoms with Gasteiger partial charge in [0, 0.05) is 35.6 Å². The van der Waals surface area contributed by atoms with E-state index in [9.17, 15) is 12.8 Å². The number of pyridine rings is 1. The van der Waals surface area contributed by atoms with Crippen LogP contribution in [0.4, 0.5) is 16.2 Å². The number of sulfonamides is 1. The molecule has 0 bridgehead atoms. The molecule has 190 valence electrons. The van der Waals surface area contributed by atoms with Crippen molar-refractivity contribution in [2.24, 2.45) is 5.73 Å². The molecule has 1 aliphatic rings. The van der Waals surface area contributed by atoms with Crippen LogP contribution in [0.15, 0.2) is 47.6 Å². The minimum absolute atomic E-state index is 0.00306. The van der Waals surface area contributed by atoms with Crippen LogP contribution in [0, 0.1) is 5.82 Å². The second kappa shape index (κ2) is 11.2. The van der Waals surface area contributed by atoms with Crippen LogP contribution in [0.2, 0.25) is 5.02 Å². The van der Waals surface area contributed by atoms with Gasteiger partial charge in [-0.25, -0.2) is 22.8 Å². The molecule has 0 spiro atoms. The van der Waals surface area contributed by atoms with Crippen LogP contribution in [0.5, 0.6) is 5.88 Å². The summed E-state index contributed by atoms with van der Waals surface area (Å²) in [5.74, 6) is -0.826. The number of ether oxygens (including phenoxy) is 1. The molecule has 0 atom stereocenters. The van der Waals surface area contributed by atoms with E-state index < -0.39 is 21.7 Å². The molecule has 0 saturated heterocycles. The van der Waals surface area contributed by atoms with E-state index in [4.69, 9.17) is 22.1 Å². The summed E-state index contributed by atoms with van der Waals surface area (Å²) in [4.78, 5) is 12.5. The topological polar surface area (TPSA) is 132 Å². The zero-order valence-corrected chi connectivity index (χ0v) is 21.1. The Morgan fingerprint density at radius 2 is 1.83 bits per heavy atom. The van der Waals surface area contributed by atoms with Gasteiger partial charge in [-0.2, -0.15) is 4.98 Å². The first-order valence-corrected chi connectivity index (χ1v) is 13.2. The van der Waals surface area contributed by atoms with E-state index in [0.717, 1.165) is 31.7 Å². The van der Waals surface area contributed by atoms with Gasteiger partial charge in [-0.05, 0) is 50.0 Å². The van der Waals surface area contributed by atoms with Crippen LogP contribution in [0.25, 0.3) is 12.2 Å². The molecule has 1 saturated carbocycles. The maximum atomic E-state index is 14.8. The number of nitrogens with two attached hydrogens (primary N) is 1. The zero-order valence-electron chi connectivity index (χ0n) is 19.5. The van der Waals surface area contributed by atoms with E-state index in [1.807, 2.05) is 0 Å². The second-order valence-electron chi connectivity index (χ2n) is 8.38. The average Bonchev–Trinajstić information content (AvgIpc) is 2.86. The van der Waals surface area contributed by atoms with Gasteiger partial charge < -0.3 is 15.8 Å². The summed E-state index contributed by atoms with van der Waals surface area (Å²) in [7, 11) is -2.81. The lowest BCUT2D eigenvalue weighted by Crippen LogP contribution is -2.33. The van der Waals surface area contributed by atoms with Gasteiger partial charge in [-0.1, -0.05) is 29.8 Å². The van der Waals surface area contributed by atoms with Crippen molar-refractivity contribution in [3.63, 3.8) is 0 Å². The monoisotopic (exact) mass is 532 g/mol. The zero-order chi connectivity index (χ0) is 25.7. The van der Waals surface area contributed by atoms with E-state index in [-0.39, 0.29) is 21.8 Å². The van der Waals surface area contributed by atoms with Crippen molar-refractivity contribution >= 4 is 45.5 Å². The molecule has 0 amide bonds. The molecule has 1 aromatic carbocycles. The summed E-state index contributed by atoms with van der Waals surface area (Å²) < 4.78 is 47.5. The third kappa shape index (κ3) is 6.28. The molecule has 0 radical (unpaired) electrons. The predicted molar refractivity (Wildman–Crippen MR) is 138 cm³/mol. The first kappa shape index (κ1) is 25.8. The third-order valence-corrected chi connectivity index (χ3v) is 7.59. The number of nitrogens with one attached hydrogen (secondary N) is 2. The number of hydrogen-bond acceptors (Lipinski definition) is 8. The lowest BCUT2D eigenvalue weighted by Gasteiger charge is -2.26. The molecule has 3 aromatic rings. The number of halogens is 2. The number of benzene rings is 1. The number of rotatable bonds is 8. The van der Waals surface area contributed by atoms with Gasteiger partial charge in [-0.3, -0.25) is 4.72 Å². The first-order chi connectivity index (χ1) is 17.2. The summed E-state index contributed by atoms with van der Waals surface area (Å²) in [6, 6.07) is 7.53. The highest BCUT2D eigenvalue weighted by Gasteiger charge is 2.22. The Kier molecular flexibility index (Phi) is 8.02. The van der Waals surface area contributed by atoms with Crippen LogP contribution >= 0.6 is 11.6 Å². The van der Waals surface area contributed by atoms with Crippen LogP contribution in [0.1, 0.15) is 36.8 Å². The van der Waals surface area contributed by atoms with Crippen LogP contribution in [-0.4, -0.2) is 42.6 Å². The summed E-state index contributed by atoms with van der Waals surface area (Å²) in [6.45, 7) is 0. The number of methoxy groups -OCH3 is 1. The maximum absolute atomic E-state index is 14.8. The van der Waals surface area contributed by atoms with E-state index in [2.05, 4.69) is 25.0 Å². The van der Waals surface area contributed by atoms with E-state index in [1.54, 1.807) is 30.6 Å². The minimum atomic E-state index is -4.16. The summed E-state index contributed by atoms with van der Waals surface area (Å²) in [5.41, 5.74) is 6.93. The average molecular weight is 533 g/mol. The number of hydrogen-bond donors (Lipinski definition) is 3. The molecule has 0 unspecified atom stereocenters. The molecular weight excluding hydrogens is 507 g/mol. The molecule has 1 fully saturated rings. The fraction of sp³-hybridized carbons (Fsp3) is 0.292. The second-order valence-corrected chi connectivity index (χ2v) is 10.4. The maximum Gasteiger partial charge on any atom is 0.264 e. The van der Waals surface area contributed by atoms with Gasteiger partial charge in [0.1, 0.15) is 4.90 Å². The van der Waals surface area contributed by atoms with E-state index in [1.165, 1.54) is 25.3 Å². The molecule has 12 heteroatoms. The van der Waals surface area contributed by atoms with Crippen LogP contribution < -0.4 is 20.5 Å². The molecular formula is C24H26ClFN6O3S. The Morgan fingerprint density at radius 3 is 2.50 bits per heavy atom. The number of nitrogens with zero attached hydrogens (tertiary/aromatic N) is 3. The number of aromatic nitrogens is 3. The molecule has 1 aliphatic carbocycles. The lowest BCUT2D eigenvalue weighted by atomic mass is 9.92. The predicted octanol–water partition coefficient (Wildman–Crippen LogP) is 4.33. The summed E-state index contributed by atoms with van der Waals surface area (Å²) in [6.07, 6.45) is 10.5. The van der Waals surface area contributed by atoms with Crippen molar-refractivity contribution in [3.8, 4) is 5.88 Å². The fourth-order valence-corrected chi connectivity index (χ4v) is 5.35. The highest BCUT2D eigenvalue weighted by Crippen LogP contribution is 2.28. The Hall–Kier alpha value is -3.28. The Balaban J connectivity index is 1.47. The van der Waals surface area contributed by atoms with E-state index in [0.29, 0.717) is 23.1 Å². The summed E-state index contributed by atoms with van der Waals surface area (Å²) in [5, 5.41) is 3.33. The van der Waals surface area contributed by atoms with Crippen molar-refractivity contribution in [3.05, 3.63) is 64.7 Å².